The number of aryl methyl sites for hydroxylation is 1. The average Bonchev–Trinajstić information content (AvgIpc) is 3.34. The molecule has 0 spiro atoms. The van der Waals surface area contributed by atoms with Crippen molar-refractivity contribution in [2.24, 2.45) is 0 Å². The molecule has 0 aliphatic rings. The normalized spacial score (nSPS) is 10.6. The van der Waals surface area contributed by atoms with Crippen LogP contribution in [-0.2, 0) is 5.75 Å². The molecule has 0 saturated heterocycles. The lowest BCUT2D eigenvalue weighted by Crippen LogP contribution is -2.13. The molecule has 0 unspecified atom stereocenters. The second kappa shape index (κ2) is 10.3. The number of benzene rings is 2. The zero-order valence-electron chi connectivity index (χ0n) is 17.6. The summed E-state index contributed by atoms with van der Waals surface area (Å²) in [6, 6.07) is 16.7. The predicted molar refractivity (Wildman–Crippen MR) is 128 cm³/mol. The first-order valence-corrected chi connectivity index (χ1v) is 11.7. The number of nitrogens with zero attached hydrogens (tertiary/aromatic N) is 2. The number of thioether (sulfide) groups is 1. The zero-order chi connectivity index (χ0) is 22.3. The van der Waals surface area contributed by atoms with E-state index in [1.807, 2.05) is 60.3 Å². The lowest BCUT2D eigenvalue weighted by Gasteiger charge is -2.11. The van der Waals surface area contributed by atoms with Crippen LogP contribution in [0.1, 0.15) is 21.6 Å². The highest BCUT2D eigenvalue weighted by Gasteiger charge is 2.13. The van der Waals surface area contributed by atoms with Gasteiger partial charge in [0.2, 0.25) is 5.88 Å². The van der Waals surface area contributed by atoms with Crippen molar-refractivity contribution < 1.29 is 14.3 Å². The van der Waals surface area contributed by atoms with Gasteiger partial charge in [-0.25, -0.2) is 9.97 Å². The average molecular weight is 464 g/mol. The van der Waals surface area contributed by atoms with E-state index in [1.54, 1.807) is 48.5 Å². The summed E-state index contributed by atoms with van der Waals surface area (Å²) in [5.41, 5.74) is 5.07. The Morgan fingerprint density at radius 2 is 1.97 bits per heavy atom. The van der Waals surface area contributed by atoms with Crippen LogP contribution in [0.25, 0.3) is 0 Å². The number of hydrogen-bond acceptors (Lipinski definition) is 7. The Morgan fingerprint density at radius 1 is 1.09 bits per heavy atom. The van der Waals surface area contributed by atoms with Gasteiger partial charge in [-0.3, -0.25) is 4.79 Å². The van der Waals surface area contributed by atoms with E-state index >= 15 is 0 Å². The topological polar surface area (TPSA) is 73.3 Å². The Bertz CT molecular complexity index is 1200. The standard InChI is InChI=1S/C24H21N3O3S2/c1-16-7-9-20(21(11-16)29-2)30-23-10-8-17(12-25-23)27-24(28)19-5-3-4-6-22(19)32-14-18-13-31-15-26-18/h3-13,15H,14H2,1-2H3,(H,27,28). The summed E-state index contributed by atoms with van der Waals surface area (Å²) in [5, 5.41) is 4.92. The number of amides is 1. The predicted octanol–water partition coefficient (Wildman–Crippen LogP) is 6.19. The molecule has 6 nitrogen and oxygen atoms in total. The van der Waals surface area contributed by atoms with Crippen LogP contribution < -0.4 is 14.8 Å². The lowest BCUT2D eigenvalue weighted by molar-refractivity contribution is 0.102. The van der Waals surface area contributed by atoms with Crippen molar-refractivity contribution in [3.05, 3.63) is 88.5 Å². The van der Waals surface area contributed by atoms with Crippen LogP contribution >= 0.6 is 23.1 Å². The number of methoxy groups -OCH3 is 1. The molecule has 2 aromatic carbocycles. The zero-order valence-corrected chi connectivity index (χ0v) is 19.2. The fourth-order valence-corrected chi connectivity index (χ4v) is 4.54. The quantitative estimate of drug-likeness (QED) is 0.314. The van der Waals surface area contributed by atoms with Crippen LogP contribution in [0.3, 0.4) is 0 Å². The van der Waals surface area contributed by atoms with Crippen LogP contribution in [0, 0.1) is 6.92 Å². The fraction of sp³-hybridized carbons (Fsp3) is 0.125. The highest BCUT2D eigenvalue weighted by atomic mass is 32.2. The Morgan fingerprint density at radius 3 is 2.72 bits per heavy atom. The van der Waals surface area contributed by atoms with Crippen molar-refractivity contribution in [3.8, 4) is 17.4 Å². The van der Waals surface area contributed by atoms with Crippen LogP contribution in [0.15, 0.2) is 76.6 Å². The molecule has 8 heteroatoms. The first kappa shape index (κ1) is 21.9. The largest absolute Gasteiger partial charge is 0.493 e. The molecule has 0 atom stereocenters. The molecule has 2 aromatic heterocycles. The van der Waals surface area contributed by atoms with Crippen LogP contribution in [0.4, 0.5) is 5.69 Å². The van der Waals surface area contributed by atoms with Gasteiger partial charge >= 0.3 is 0 Å². The van der Waals surface area contributed by atoms with Crippen LogP contribution in [0.2, 0.25) is 0 Å². The number of carbonyl (C=O) groups excluding carboxylic acids is 1. The van der Waals surface area contributed by atoms with E-state index in [0.29, 0.717) is 34.4 Å². The van der Waals surface area contributed by atoms with Crippen LogP contribution in [0.5, 0.6) is 17.4 Å². The Kier molecular flexibility index (Phi) is 7.03. The summed E-state index contributed by atoms with van der Waals surface area (Å²) in [5.74, 6) is 2.14. The lowest BCUT2D eigenvalue weighted by atomic mass is 10.2. The Balaban J connectivity index is 1.42. The van der Waals surface area contributed by atoms with Gasteiger partial charge in [0.1, 0.15) is 0 Å². The smallest absolute Gasteiger partial charge is 0.256 e. The molecule has 0 saturated carbocycles. The van der Waals surface area contributed by atoms with Crippen LogP contribution in [-0.4, -0.2) is 23.0 Å². The molecule has 0 fully saturated rings. The molecule has 0 aliphatic carbocycles. The molecule has 2 heterocycles. The van der Waals surface area contributed by atoms with Crippen molar-refractivity contribution in [2.45, 2.75) is 17.6 Å². The molecule has 32 heavy (non-hydrogen) atoms. The molecule has 0 aliphatic heterocycles. The van der Waals surface area contributed by atoms with Crippen molar-refractivity contribution in [3.63, 3.8) is 0 Å². The Labute approximate surface area is 194 Å². The van der Waals surface area contributed by atoms with E-state index in [0.717, 1.165) is 16.2 Å². The van der Waals surface area contributed by atoms with E-state index in [-0.39, 0.29) is 5.91 Å². The number of pyridine rings is 1. The molecule has 0 bridgehead atoms. The van der Waals surface area contributed by atoms with Gasteiger partial charge in [0.25, 0.3) is 5.91 Å². The molecule has 1 N–H and O–H groups in total. The maximum atomic E-state index is 12.9. The Hall–Kier alpha value is -3.36. The molecule has 4 aromatic rings. The minimum atomic E-state index is -0.193. The third-order valence-corrected chi connectivity index (χ3v) is 6.26. The van der Waals surface area contributed by atoms with Crippen molar-refractivity contribution in [1.82, 2.24) is 9.97 Å². The number of thiazole rings is 1. The van der Waals surface area contributed by atoms with Crippen molar-refractivity contribution >= 4 is 34.7 Å². The van der Waals surface area contributed by atoms with Gasteiger partial charge in [-0.05, 0) is 42.8 Å². The van der Waals surface area contributed by atoms with E-state index in [4.69, 9.17) is 9.47 Å². The van der Waals surface area contributed by atoms with Gasteiger partial charge in [0.15, 0.2) is 11.5 Å². The number of anilines is 1. The van der Waals surface area contributed by atoms with Gasteiger partial charge in [0, 0.05) is 22.1 Å². The molecule has 1 amide bonds. The van der Waals surface area contributed by atoms with Gasteiger partial charge in [-0.15, -0.1) is 23.1 Å². The van der Waals surface area contributed by atoms with E-state index in [9.17, 15) is 4.79 Å². The number of ether oxygens (including phenoxy) is 2. The van der Waals surface area contributed by atoms with Gasteiger partial charge in [-0.1, -0.05) is 18.2 Å². The van der Waals surface area contributed by atoms with Gasteiger partial charge in [-0.2, -0.15) is 0 Å². The molecular weight excluding hydrogens is 442 g/mol. The van der Waals surface area contributed by atoms with E-state index in [2.05, 4.69) is 15.3 Å². The number of aromatic nitrogens is 2. The fourth-order valence-electron chi connectivity index (χ4n) is 2.93. The second-order valence-corrected chi connectivity index (χ2v) is 8.60. The SMILES string of the molecule is COc1cc(C)ccc1Oc1ccc(NC(=O)c2ccccc2SCc2cscn2)cn1. The molecule has 4 rings (SSSR count). The summed E-state index contributed by atoms with van der Waals surface area (Å²) >= 11 is 3.15. The van der Waals surface area contributed by atoms with Gasteiger partial charge < -0.3 is 14.8 Å². The maximum Gasteiger partial charge on any atom is 0.256 e. The second-order valence-electron chi connectivity index (χ2n) is 6.86. The number of hydrogen-bond donors (Lipinski definition) is 1. The summed E-state index contributed by atoms with van der Waals surface area (Å²) in [6.45, 7) is 1.98. The van der Waals surface area contributed by atoms with Crippen molar-refractivity contribution in [1.29, 1.82) is 0 Å². The maximum absolute atomic E-state index is 12.9. The summed E-state index contributed by atoms with van der Waals surface area (Å²) in [7, 11) is 1.60. The summed E-state index contributed by atoms with van der Waals surface area (Å²) in [4.78, 5) is 22.4. The number of rotatable bonds is 8. The van der Waals surface area contributed by atoms with E-state index < -0.39 is 0 Å². The highest BCUT2D eigenvalue weighted by molar-refractivity contribution is 7.98. The third kappa shape index (κ3) is 5.46. The highest BCUT2D eigenvalue weighted by Crippen LogP contribution is 2.32. The minimum absolute atomic E-state index is 0.193. The van der Waals surface area contributed by atoms with Gasteiger partial charge in [0.05, 0.1) is 35.8 Å². The number of carbonyl (C=O) groups is 1. The molecule has 0 radical (unpaired) electrons. The monoisotopic (exact) mass is 463 g/mol. The molecular formula is C24H21N3O3S2. The van der Waals surface area contributed by atoms with E-state index in [1.165, 1.54) is 0 Å². The first-order chi connectivity index (χ1) is 15.6. The minimum Gasteiger partial charge on any atom is -0.493 e. The number of nitrogens with one attached hydrogen (secondary N) is 1. The summed E-state index contributed by atoms with van der Waals surface area (Å²) in [6.07, 6.45) is 1.57. The summed E-state index contributed by atoms with van der Waals surface area (Å²) < 4.78 is 11.2. The third-order valence-electron chi connectivity index (χ3n) is 4.52. The first-order valence-electron chi connectivity index (χ1n) is 9.81. The van der Waals surface area contributed by atoms with Crippen molar-refractivity contribution in [2.75, 3.05) is 12.4 Å². The molecule has 162 valence electrons.